The number of para-hydroxylation sites is 1. The van der Waals surface area contributed by atoms with Crippen molar-refractivity contribution in [1.29, 1.82) is 0 Å². The summed E-state index contributed by atoms with van der Waals surface area (Å²) in [5.74, 6) is -0.833. The average Bonchev–Trinajstić information content (AvgIpc) is 2.75. The van der Waals surface area contributed by atoms with E-state index in [-0.39, 0.29) is 30.6 Å². The number of nitrogens with one attached hydrogen (secondary N) is 3. The van der Waals surface area contributed by atoms with Gasteiger partial charge in [0.1, 0.15) is 6.04 Å². The first-order valence-corrected chi connectivity index (χ1v) is 8.00. The van der Waals surface area contributed by atoms with Crippen molar-refractivity contribution in [2.75, 3.05) is 5.32 Å². The molecule has 1 aliphatic rings. The lowest BCUT2D eigenvalue weighted by Crippen LogP contribution is -2.42. The molecule has 128 valence electrons. The maximum absolute atomic E-state index is 12.2. The number of hydrogen-bond donors (Lipinski definition) is 3. The van der Waals surface area contributed by atoms with E-state index in [1.807, 2.05) is 6.07 Å². The second-order valence-corrected chi connectivity index (χ2v) is 5.74. The largest absolute Gasteiger partial charge is 0.352 e. The van der Waals surface area contributed by atoms with Gasteiger partial charge in [-0.3, -0.25) is 19.4 Å². The number of benzene rings is 1. The van der Waals surface area contributed by atoms with Crippen LogP contribution in [-0.2, 0) is 16.1 Å². The molecule has 7 heteroatoms. The maximum atomic E-state index is 12.2. The van der Waals surface area contributed by atoms with Gasteiger partial charge in [-0.15, -0.1) is 0 Å². The fourth-order valence-corrected chi connectivity index (χ4v) is 2.58. The topological polar surface area (TPSA) is 100 Å². The highest BCUT2D eigenvalue weighted by Gasteiger charge is 2.27. The predicted octanol–water partition coefficient (Wildman–Crippen LogP) is 1.23. The second kappa shape index (κ2) is 7.57. The number of carbonyl (C=O) groups excluding carboxylic acids is 3. The van der Waals surface area contributed by atoms with Gasteiger partial charge in [0.15, 0.2) is 0 Å². The standard InChI is InChI=1S/C18H18N4O3/c23-16(20-11-12-4-3-9-19-10-12)8-7-15-18(25)21-14-6-2-1-5-13(14)17(24)22-15/h1-6,9-10,15H,7-8,11H2,(H,20,23)(H,21,25)(H,22,24)/t15-/m0/s1. The number of rotatable bonds is 5. The van der Waals surface area contributed by atoms with Crippen LogP contribution in [0.1, 0.15) is 28.8 Å². The minimum Gasteiger partial charge on any atom is -0.352 e. The van der Waals surface area contributed by atoms with Crippen molar-refractivity contribution in [3.05, 3.63) is 59.9 Å². The Morgan fingerprint density at radius 2 is 2.00 bits per heavy atom. The summed E-state index contributed by atoms with van der Waals surface area (Å²) in [6.07, 6.45) is 3.70. The van der Waals surface area contributed by atoms with Gasteiger partial charge < -0.3 is 16.0 Å². The van der Waals surface area contributed by atoms with Crippen LogP contribution in [0.25, 0.3) is 0 Å². The van der Waals surface area contributed by atoms with Gasteiger partial charge in [0, 0.05) is 25.4 Å². The third-order valence-corrected chi connectivity index (χ3v) is 3.92. The average molecular weight is 338 g/mol. The maximum Gasteiger partial charge on any atom is 0.254 e. The minimum atomic E-state index is -0.746. The molecule has 1 aromatic carbocycles. The van der Waals surface area contributed by atoms with Gasteiger partial charge in [-0.05, 0) is 30.2 Å². The molecule has 0 aliphatic carbocycles. The van der Waals surface area contributed by atoms with Crippen molar-refractivity contribution >= 4 is 23.4 Å². The SMILES string of the molecule is O=C(CC[C@@H]1NC(=O)c2ccccc2NC1=O)NCc1cccnc1. The smallest absolute Gasteiger partial charge is 0.254 e. The summed E-state index contributed by atoms with van der Waals surface area (Å²) in [6, 6.07) is 9.72. The van der Waals surface area contributed by atoms with E-state index in [1.165, 1.54) is 0 Å². The van der Waals surface area contributed by atoms with E-state index >= 15 is 0 Å². The molecule has 2 aromatic rings. The highest BCUT2D eigenvalue weighted by molar-refractivity contribution is 6.09. The van der Waals surface area contributed by atoms with Gasteiger partial charge in [-0.2, -0.15) is 0 Å². The van der Waals surface area contributed by atoms with Crippen LogP contribution in [0.5, 0.6) is 0 Å². The Labute approximate surface area is 144 Å². The molecule has 1 aromatic heterocycles. The molecular formula is C18H18N4O3. The number of anilines is 1. The zero-order valence-electron chi connectivity index (χ0n) is 13.5. The first kappa shape index (κ1) is 16.6. The number of carbonyl (C=O) groups is 3. The van der Waals surface area contributed by atoms with E-state index in [2.05, 4.69) is 20.9 Å². The van der Waals surface area contributed by atoms with E-state index in [1.54, 1.807) is 42.7 Å². The van der Waals surface area contributed by atoms with Gasteiger partial charge in [0.25, 0.3) is 5.91 Å². The quantitative estimate of drug-likeness (QED) is 0.763. The van der Waals surface area contributed by atoms with E-state index in [4.69, 9.17) is 0 Å². The molecule has 0 spiro atoms. The number of fused-ring (bicyclic) bond motifs is 1. The van der Waals surface area contributed by atoms with Crippen LogP contribution in [-0.4, -0.2) is 28.7 Å². The van der Waals surface area contributed by atoms with Crippen molar-refractivity contribution in [2.45, 2.75) is 25.4 Å². The number of hydrogen-bond acceptors (Lipinski definition) is 4. The lowest BCUT2D eigenvalue weighted by molar-refractivity contribution is -0.122. The number of nitrogens with zero attached hydrogens (tertiary/aromatic N) is 1. The van der Waals surface area contributed by atoms with E-state index in [0.717, 1.165) is 5.56 Å². The van der Waals surface area contributed by atoms with Crippen molar-refractivity contribution in [1.82, 2.24) is 15.6 Å². The number of pyridine rings is 1. The van der Waals surface area contributed by atoms with Gasteiger partial charge in [-0.1, -0.05) is 18.2 Å². The molecule has 0 unspecified atom stereocenters. The van der Waals surface area contributed by atoms with Crippen LogP contribution in [0.15, 0.2) is 48.8 Å². The Bertz CT molecular complexity index is 792. The van der Waals surface area contributed by atoms with Crippen molar-refractivity contribution in [3.63, 3.8) is 0 Å². The summed E-state index contributed by atoms with van der Waals surface area (Å²) < 4.78 is 0. The molecule has 3 N–H and O–H groups in total. The fraction of sp³-hybridized carbons (Fsp3) is 0.222. The summed E-state index contributed by atoms with van der Waals surface area (Å²) in [7, 11) is 0. The first-order valence-electron chi connectivity index (χ1n) is 8.00. The molecule has 2 heterocycles. The Morgan fingerprint density at radius 3 is 2.80 bits per heavy atom. The summed E-state index contributed by atoms with van der Waals surface area (Å²) in [5.41, 5.74) is 1.79. The molecule has 0 bridgehead atoms. The Balaban J connectivity index is 1.54. The van der Waals surface area contributed by atoms with Gasteiger partial charge in [0.05, 0.1) is 11.3 Å². The van der Waals surface area contributed by atoms with Gasteiger partial charge in [-0.25, -0.2) is 0 Å². The molecule has 0 saturated carbocycles. The fourth-order valence-electron chi connectivity index (χ4n) is 2.58. The molecule has 1 atom stereocenters. The van der Waals surface area contributed by atoms with Crippen LogP contribution in [0.3, 0.4) is 0 Å². The normalized spacial score (nSPS) is 16.2. The molecule has 3 amide bonds. The van der Waals surface area contributed by atoms with Crippen LogP contribution in [0.4, 0.5) is 5.69 Å². The van der Waals surface area contributed by atoms with Crippen molar-refractivity contribution < 1.29 is 14.4 Å². The molecule has 7 nitrogen and oxygen atoms in total. The van der Waals surface area contributed by atoms with E-state index in [0.29, 0.717) is 17.8 Å². The highest BCUT2D eigenvalue weighted by Crippen LogP contribution is 2.19. The molecule has 25 heavy (non-hydrogen) atoms. The second-order valence-electron chi connectivity index (χ2n) is 5.74. The monoisotopic (exact) mass is 338 g/mol. The molecular weight excluding hydrogens is 320 g/mol. The lowest BCUT2D eigenvalue weighted by Gasteiger charge is -2.14. The zero-order valence-corrected chi connectivity index (χ0v) is 13.5. The Morgan fingerprint density at radius 1 is 1.16 bits per heavy atom. The summed E-state index contributed by atoms with van der Waals surface area (Å²) in [5, 5.41) is 8.17. The molecule has 0 radical (unpaired) electrons. The van der Waals surface area contributed by atoms with Crippen LogP contribution in [0.2, 0.25) is 0 Å². The Hall–Kier alpha value is -3.22. The molecule has 0 fully saturated rings. The van der Waals surface area contributed by atoms with Gasteiger partial charge in [0.2, 0.25) is 11.8 Å². The Kier molecular flexibility index (Phi) is 5.03. The summed E-state index contributed by atoms with van der Waals surface area (Å²) >= 11 is 0. The molecule has 3 rings (SSSR count). The van der Waals surface area contributed by atoms with Crippen molar-refractivity contribution in [2.24, 2.45) is 0 Å². The summed E-state index contributed by atoms with van der Waals surface area (Å²) in [4.78, 5) is 40.4. The third kappa shape index (κ3) is 4.20. The number of amides is 3. The molecule has 1 aliphatic heterocycles. The lowest BCUT2D eigenvalue weighted by atomic mass is 10.1. The molecule has 0 saturated heterocycles. The highest BCUT2D eigenvalue weighted by atomic mass is 16.2. The number of aromatic nitrogens is 1. The van der Waals surface area contributed by atoms with Crippen LogP contribution < -0.4 is 16.0 Å². The zero-order chi connectivity index (χ0) is 17.6. The van der Waals surface area contributed by atoms with Crippen LogP contribution >= 0.6 is 0 Å². The van der Waals surface area contributed by atoms with Crippen molar-refractivity contribution in [3.8, 4) is 0 Å². The minimum absolute atomic E-state index is 0.134. The predicted molar refractivity (Wildman–Crippen MR) is 91.6 cm³/mol. The van der Waals surface area contributed by atoms with Crippen LogP contribution in [0, 0.1) is 0 Å². The van der Waals surface area contributed by atoms with E-state index in [9.17, 15) is 14.4 Å². The van der Waals surface area contributed by atoms with Gasteiger partial charge >= 0.3 is 0 Å². The first-order chi connectivity index (χ1) is 12.1. The van der Waals surface area contributed by atoms with E-state index < -0.39 is 6.04 Å². The third-order valence-electron chi connectivity index (χ3n) is 3.92. The summed E-state index contributed by atoms with van der Waals surface area (Å²) in [6.45, 7) is 0.376.